The zero-order valence-corrected chi connectivity index (χ0v) is 9.84. The summed E-state index contributed by atoms with van der Waals surface area (Å²) in [4.78, 5) is 15.2. The van der Waals surface area contributed by atoms with Crippen LogP contribution in [-0.4, -0.2) is 17.3 Å². The average Bonchev–Trinajstić information content (AvgIpc) is 2.27. The van der Waals surface area contributed by atoms with E-state index in [0.717, 1.165) is 5.39 Å². The average molecular weight is 256 g/mol. The minimum Gasteiger partial charge on any atom is -0.494 e. The van der Waals surface area contributed by atoms with Crippen molar-refractivity contribution >= 4 is 39.3 Å². The summed E-state index contributed by atoms with van der Waals surface area (Å²) in [6, 6.07) is 6.99. The van der Waals surface area contributed by atoms with Crippen LogP contribution in [0.5, 0.6) is 5.75 Å². The fraction of sp³-hybridized carbons (Fsp3) is 0.0909. The molecule has 3 nitrogen and oxygen atoms in total. The Hall–Kier alpha value is -1.32. The number of pyridine rings is 1. The van der Waals surface area contributed by atoms with E-state index in [2.05, 4.69) is 4.98 Å². The first-order chi connectivity index (χ1) is 7.63. The molecule has 0 aliphatic rings. The van der Waals surface area contributed by atoms with Crippen molar-refractivity contribution in [1.82, 2.24) is 4.98 Å². The summed E-state index contributed by atoms with van der Waals surface area (Å²) in [6.45, 7) is 0. The van der Waals surface area contributed by atoms with Gasteiger partial charge < -0.3 is 4.74 Å². The van der Waals surface area contributed by atoms with Gasteiger partial charge in [-0.3, -0.25) is 4.79 Å². The lowest BCUT2D eigenvalue weighted by Gasteiger charge is -2.06. The Bertz CT molecular complexity index is 569. The number of rotatable bonds is 2. The molecule has 0 aliphatic heterocycles. The summed E-state index contributed by atoms with van der Waals surface area (Å²) in [6.07, 6.45) is 0. The van der Waals surface area contributed by atoms with Crippen LogP contribution in [0.25, 0.3) is 10.9 Å². The van der Waals surface area contributed by atoms with Crippen LogP contribution in [0.15, 0.2) is 24.3 Å². The number of hydrogen-bond donors (Lipinski definition) is 0. The van der Waals surface area contributed by atoms with Crippen molar-refractivity contribution in [3.63, 3.8) is 0 Å². The SMILES string of the molecule is COc1cccc2cc(C(=O)Cl)c(Cl)nc12. The molecule has 0 spiro atoms. The van der Waals surface area contributed by atoms with Crippen LogP contribution in [0.2, 0.25) is 5.15 Å². The molecule has 0 unspecified atom stereocenters. The van der Waals surface area contributed by atoms with Gasteiger partial charge in [-0.1, -0.05) is 23.7 Å². The Kier molecular flexibility index (Phi) is 2.99. The molecule has 0 atom stereocenters. The number of nitrogens with zero attached hydrogens (tertiary/aromatic N) is 1. The van der Waals surface area contributed by atoms with Crippen LogP contribution in [0.4, 0.5) is 0 Å². The van der Waals surface area contributed by atoms with Crippen LogP contribution < -0.4 is 4.74 Å². The molecule has 1 aromatic carbocycles. The Balaban J connectivity index is 2.78. The molecule has 0 aliphatic carbocycles. The lowest BCUT2D eigenvalue weighted by molar-refractivity contribution is 0.108. The van der Waals surface area contributed by atoms with Gasteiger partial charge in [-0.05, 0) is 23.7 Å². The van der Waals surface area contributed by atoms with Gasteiger partial charge in [0.05, 0.1) is 12.7 Å². The molecular weight excluding hydrogens is 249 g/mol. The lowest BCUT2D eigenvalue weighted by Crippen LogP contribution is -1.95. The topological polar surface area (TPSA) is 39.2 Å². The second kappa shape index (κ2) is 4.28. The molecule has 2 rings (SSSR count). The van der Waals surface area contributed by atoms with E-state index >= 15 is 0 Å². The number of ether oxygens (including phenoxy) is 1. The third kappa shape index (κ3) is 1.84. The molecule has 0 bridgehead atoms. The Labute approximate surface area is 102 Å². The van der Waals surface area contributed by atoms with Gasteiger partial charge in [0.1, 0.15) is 16.4 Å². The highest BCUT2D eigenvalue weighted by Gasteiger charge is 2.12. The molecule has 0 amide bonds. The van der Waals surface area contributed by atoms with Crippen LogP contribution in [0.1, 0.15) is 10.4 Å². The van der Waals surface area contributed by atoms with Crippen LogP contribution in [0.3, 0.4) is 0 Å². The quantitative estimate of drug-likeness (QED) is 0.611. The van der Waals surface area contributed by atoms with E-state index in [9.17, 15) is 4.79 Å². The maximum absolute atomic E-state index is 11.1. The predicted octanol–water partition coefficient (Wildman–Crippen LogP) is 3.28. The summed E-state index contributed by atoms with van der Waals surface area (Å²) in [5, 5.41) is 0.215. The monoisotopic (exact) mass is 255 g/mol. The Morgan fingerprint density at radius 3 is 2.81 bits per heavy atom. The zero-order valence-electron chi connectivity index (χ0n) is 8.33. The molecule has 82 valence electrons. The Morgan fingerprint density at radius 2 is 2.19 bits per heavy atom. The molecule has 5 heteroatoms. The van der Waals surface area contributed by atoms with Crippen molar-refractivity contribution in [2.75, 3.05) is 7.11 Å². The van der Waals surface area contributed by atoms with Crippen molar-refractivity contribution in [3.05, 3.63) is 35.0 Å². The largest absolute Gasteiger partial charge is 0.494 e. The first kappa shape index (κ1) is 11.2. The number of para-hydroxylation sites is 1. The zero-order chi connectivity index (χ0) is 11.7. The first-order valence-electron chi connectivity index (χ1n) is 4.46. The standard InChI is InChI=1S/C11H7Cl2NO2/c1-16-8-4-2-3-6-5-7(11(13)15)10(12)14-9(6)8/h2-5H,1H3. The third-order valence-corrected chi connectivity index (χ3v) is 2.69. The summed E-state index contributed by atoms with van der Waals surface area (Å²) < 4.78 is 5.14. The third-order valence-electron chi connectivity index (χ3n) is 2.19. The van der Waals surface area contributed by atoms with Gasteiger partial charge in [0.25, 0.3) is 5.24 Å². The van der Waals surface area contributed by atoms with E-state index in [1.165, 1.54) is 0 Å². The van der Waals surface area contributed by atoms with Gasteiger partial charge in [-0.15, -0.1) is 0 Å². The smallest absolute Gasteiger partial charge is 0.255 e. The number of halogens is 2. The molecule has 0 fully saturated rings. The molecule has 0 saturated carbocycles. The molecule has 1 heterocycles. The minimum atomic E-state index is -0.623. The maximum atomic E-state index is 11.1. The van der Waals surface area contributed by atoms with Gasteiger partial charge in [-0.2, -0.15) is 0 Å². The number of aromatic nitrogens is 1. The first-order valence-corrected chi connectivity index (χ1v) is 5.22. The van der Waals surface area contributed by atoms with Gasteiger partial charge in [-0.25, -0.2) is 4.98 Å². The van der Waals surface area contributed by atoms with Crippen molar-refractivity contribution in [3.8, 4) is 5.75 Å². The fourth-order valence-corrected chi connectivity index (χ4v) is 1.87. The molecule has 16 heavy (non-hydrogen) atoms. The van der Waals surface area contributed by atoms with Crippen LogP contribution in [0, 0.1) is 0 Å². The molecule has 1 aromatic heterocycles. The van der Waals surface area contributed by atoms with Gasteiger partial charge in [0.2, 0.25) is 0 Å². The minimum absolute atomic E-state index is 0.0806. The van der Waals surface area contributed by atoms with Crippen molar-refractivity contribution in [2.24, 2.45) is 0 Å². The molecule has 0 radical (unpaired) electrons. The molecule has 0 N–H and O–H groups in total. The normalized spacial score (nSPS) is 10.4. The van der Waals surface area contributed by atoms with Crippen LogP contribution in [-0.2, 0) is 0 Å². The molecule has 2 aromatic rings. The van der Waals surface area contributed by atoms with E-state index in [1.54, 1.807) is 25.3 Å². The van der Waals surface area contributed by atoms with Gasteiger partial charge in [0.15, 0.2) is 0 Å². The Morgan fingerprint density at radius 1 is 1.44 bits per heavy atom. The number of carbonyl (C=O) groups is 1. The molecule has 0 saturated heterocycles. The van der Waals surface area contributed by atoms with E-state index in [4.69, 9.17) is 27.9 Å². The number of hydrogen-bond acceptors (Lipinski definition) is 3. The van der Waals surface area contributed by atoms with E-state index in [0.29, 0.717) is 11.3 Å². The van der Waals surface area contributed by atoms with Crippen molar-refractivity contribution in [1.29, 1.82) is 0 Å². The van der Waals surface area contributed by atoms with Gasteiger partial charge >= 0.3 is 0 Å². The number of benzene rings is 1. The van der Waals surface area contributed by atoms with Crippen LogP contribution >= 0.6 is 23.2 Å². The van der Waals surface area contributed by atoms with E-state index in [-0.39, 0.29) is 10.7 Å². The maximum Gasteiger partial charge on any atom is 0.255 e. The lowest BCUT2D eigenvalue weighted by atomic mass is 10.1. The summed E-state index contributed by atoms with van der Waals surface area (Å²) in [7, 11) is 1.55. The molecular formula is C11H7Cl2NO2. The number of carbonyl (C=O) groups excluding carboxylic acids is 1. The second-order valence-electron chi connectivity index (χ2n) is 3.13. The highest BCUT2D eigenvalue weighted by molar-refractivity contribution is 6.68. The van der Waals surface area contributed by atoms with E-state index in [1.807, 2.05) is 6.07 Å². The fourth-order valence-electron chi connectivity index (χ4n) is 1.45. The second-order valence-corrected chi connectivity index (χ2v) is 3.83. The number of fused-ring (bicyclic) bond motifs is 1. The number of methoxy groups -OCH3 is 1. The summed E-state index contributed by atoms with van der Waals surface area (Å²) in [5.74, 6) is 0.605. The summed E-state index contributed by atoms with van der Waals surface area (Å²) >= 11 is 11.2. The van der Waals surface area contributed by atoms with Crippen molar-refractivity contribution in [2.45, 2.75) is 0 Å². The predicted molar refractivity (Wildman–Crippen MR) is 63.5 cm³/mol. The highest BCUT2D eigenvalue weighted by atomic mass is 35.5. The summed E-state index contributed by atoms with van der Waals surface area (Å²) in [5.41, 5.74) is 0.806. The van der Waals surface area contributed by atoms with E-state index < -0.39 is 5.24 Å². The van der Waals surface area contributed by atoms with Crippen molar-refractivity contribution < 1.29 is 9.53 Å². The van der Waals surface area contributed by atoms with Gasteiger partial charge in [0, 0.05) is 5.39 Å². The highest BCUT2D eigenvalue weighted by Crippen LogP contribution is 2.28.